The molecule has 0 bridgehead atoms. The van der Waals surface area contributed by atoms with Crippen LogP contribution in [0, 0.1) is 34.6 Å². The summed E-state index contributed by atoms with van der Waals surface area (Å²) >= 11 is 0. The molecule has 0 saturated heterocycles. The van der Waals surface area contributed by atoms with E-state index in [2.05, 4.69) is 15.6 Å². The first-order valence-electron chi connectivity index (χ1n) is 9.47. The van der Waals surface area contributed by atoms with Gasteiger partial charge in [-0.3, -0.25) is 14.6 Å². The molecule has 3 aromatic rings. The van der Waals surface area contributed by atoms with E-state index < -0.39 is 0 Å². The molecule has 2 N–H and O–H groups in total. The maximum atomic E-state index is 12.7. The van der Waals surface area contributed by atoms with E-state index in [0.717, 1.165) is 39.2 Å². The van der Waals surface area contributed by atoms with Gasteiger partial charge >= 0.3 is 0 Å². The fraction of sp³-hybridized carbons (Fsp3) is 0.208. The SMILES string of the molecule is Cc1ccc(NC(=O)c2cncc(C(=O)Nc3c(C)cc(C)cc3C)c2)c(C)c1. The zero-order valence-electron chi connectivity index (χ0n) is 17.4. The van der Waals surface area contributed by atoms with E-state index in [1.807, 2.05) is 65.0 Å². The molecule has 1 aromatic heterocycles. The molecule has 0 saturated carbocycles. The Balaban J connectivity index is 1.80. The van der Waals surface area contributed by atoms with Crippen LogP contribution in [0.25, 0.3) is 0 Å². The smallest absolute Gasteiger partial charge is 0.257 e. The van der Waals surface area contributed by atoms with Gasteiger partial charge in [-0.1, -0.05) is 35.4 Å². The lowest BCUT2D eigenvalue weighted by atomic mass is 10.0. The summed E-state index contributed by atoms with van der Waals surface area (Å²) in [4.78, 5) is 29.5. The Morgan fingerprint density at radius 2 is 1.24 bits per heavy atom. The van der Waals surface area contributed by atoms with Crippen molar-refractivity contribution in [2.45, 2.75) is 34.6 Å². The minimum atomic E-state index is -0.304. The van der Waals surface area contributed by atoms with Crippen molar-refractivity contribution in [2.75, 3.05) is 10.6 Å². The fourth-order valence-electron chi connectivity index (χ4n) is 3.40. The van der Waals surface area contributed by atoms with Crippen LogP contribution in [0.1, 0.15) is 48.5 Å². The van der Waals surface area contributed by atoms with Crippen LogP contribution in [0.15, 0.2) is 48.8 Å². The van der Waals surface area contributed by atoms with E-state index in [0.29, 0.717) is 11.1 Å². The van der Waals surface area contributed by atoms with E-state index in [9.17, 15) is 9.59 Å². The lowest BCUT2D eigenvalue weighted by Gasteiger charge is -2.13. The second-order valence-electron chi connectivity index (χ2n) is 7.46. The molecule has 1 heterocycles. The Morgan fingerprint density at radius 3 is 1.83 bits per heavy atom. The normalized spacial score (nSPS) is 10.5. The van der Waals surface area contributed by atoms with Gasteiger partial charge in [-0.2, -0.15) is 0 Å². The molecule has 5 heteroatoms. The highest BCUT2D eigenvalue weighted by Crippen LogP contribution is 2.23. The summed E-state index contributed by atoms with van der Waals surface area (Å²) in [6, 6.07) is 11.4. The Bertz CT molecular complexity index is 1080. The number of nitrogens with one attached hydrogen (secondary N) is 2. The van der Waals surface area contributed by atoms with Crippen LogP contribution in [0.2, 0.25) is 0 Å². The average molecular weight is 387 g/mol. The molecule has 0 aliphatic carbocycles. The molecule has 2 amide bonds. The number of carbonyl (C=O) groups is 2. The third-order valence-corrected chi connectivity index (χ3v) is 4.81. The van der Waals surface area contributed by atoms with Gasteiger partial charge in [0.05, 0.1) is 11.1 Å². The van der Waals surface area contributed by atoms with Crippen molar-refractivity contribution in [1.29, 1.82) is 0 Å². The molecule has 0 fully saturated rings. The van der Waals surface area contributed by atoms with Gasteiger partial charge in [0.15, 0.2) is 0 Å². The number of amides is 2. The zero-order chi connectivity index (χ0) is 21.1. The van der Waals surface area contributed by atoms with E-state index in [4.69, 9.17) is 0 Å². The molecular weight excluding hydrogens is 362 g/mol. The van der Waals surface area contributed by atoms with E-state index >= 15 is 0 Å². The molecule has 0 radical (unpaired) electrons. The number of pyridine rings is 1. The lowest BCUT2D eigenvalue weighted by molar-refractivity contribution is 0.102. The predicted molar refractivity (Wildman–Crippen MR) is 117 cm³/mol. The first-order chi connectivity index (χ1) is 13.7. The minimum Gasteiger partial charge on any atom is -0.322 e. The van der Waals surface area contributed by atoms with E-state index in [1.165, 1.54) is 12.4 Å². The Morgan fingerprint density at radius 1 is 0.690 bits per heavy atom. The van der Waals surface area contributed by atoms with Crippen LogP contribution >= 0.6 is 0 Å². The Kier molecular flexibility index (Phi) is 5.78. The number of carbonyl (C=O) groups excluding carboxylic acids is 2. The van der Waals surface area contributed by atoms with Crippen molar-refractivity contribution >= 4 is 23.2 Å². The van der Waals surface area contributed by atoms with Crippen molar-refractivity contribution < 1.29 is 9.59 Å². The first kappa shape index (κ1) is 20.3. The maximum Gasteiger partial charge on any atom is 0.257 e. The summed E-state index contributed by atoms with van der Waals surface area (Å²) in [5.41, 5.74) is 7.41. The van der Waals surface area contributed by atoms with Crippen molar-refractivity contribution in [2.24, 2.45) is 0 Å². The molecule has 0 aliphatic heterocycles. The number of aryl methyl sites for hydroxylation is 5. The van der Waals surface area contributed by atoms with Crippen LogP contribution in [0.3, 0.4) is 0 Å². The molecule has 5 nitrogen and oxygen atoms in total. The maximum absolute atomic E-state index is 12.7. The highest BCUT2D eigenvalue weighted by molar-refractivity contribution is 6.09. The van der Waals surface area contributed by atoms with Crippen LogP contribution in [-0.4, -0.2) is 16.8 Å². The second kappa shape index (κ2) is 8.27. The fourth-order valence-corrected chi connectivity index (χ4v) is 3.40. The lowest BCUT2D eigenvalue weighted by Crippen LogP contribution is -2.17. The molecular formula is C24H25N3O2. The molecule has 0 unspecified atom stereocenters. The van der Waals surface area contributed by atoms with Gasteiger partial charge in [-0.25, -0.2) is 0 Å². The average Bonchev–Trinajstić information content (AvgIpc) is 2.66. The molecule has 148 valence electrons. The Hall–Kier alpha value is -3.47. The summed E-state index contributed by atoms with van der Waals surface area (Å²) in [6.45, 7) is 9.88. The van der Waals surface area contributed by atoms with Gasteiger partial charge in [0.2, 0.25) is 0 Å². The molecule has 0 atom stereocenters. The minimum absolute atomic E-state index is 0.297. The van der Waals surface area contributed by atoms with Crippen molar-refractivity contribution in [3.05, 3.63) is 87.7 Å². The summed E-state index contributed by atoms with van der Waals surface area (Å²) in [7, 11) is 0. The van der Waals surface area contributed by atoms with E-state index in [1.54, 1.807) is 6.07 Å². The van der Waals surface area contributed by atoms with Crippen LogP contribution < -0.4 is 10.6 Å². The van der Waals surface area contributed by atoms with Gasteiger partial charge in [0, 0.05) is 23.8 Å². The summed E-state index contributed by atoms with van der Waals surface area (Å²) < 4.78 is 0. The topological polar surface area (TPSA) is 71.1 Å². The molecule has 0 aliphatic rings. The van der Waals surface area contributed by atoms with Crippen LogP contribution in [0.5, 0.6) is 0 Å². The van der Waals surface area contributed by atoms with Gasteiger partial charge < -0.3 is 10.6 Å². The third kappa shape index (κ3) is 4.69. The summed E-state index contributed by atoms with van der Waals surface area (Å²) in [6.07, 6.45) is 2.92. The van der Waals surface area contributed by atoms with E-state index in [-0.39, 0.29) is 11.8 Å². The van der Waals surface area contributed by atoms with Gasteiger partial charge in [0.1, 0.15) is 0 Å². The quantitative estimate of drug-likeness (QED) is 0.652. The van der Waals surface area contributed by atoms with Gasteiger partial charge in [0.25, 0.3) is 11.8 Å². The molecule has 0 spiro atoms. The molecule has 2 aromatic carbocycles. The largest absolute Gasteiger partial charge is 0.322 e. The van der Waals surface area contributed by atoms with Crippen molar-refractivity contribution in [1.82, 2.24) is 4.98 Å². The highest BCUT2D eigenvalue weighted by Gasteiger charge is 2.14. The number of nitrogens with zero attached hydrogens (tertiary/aromatic N) is 1. The summed E-state index contributed by atoms with van der Waals surface area (Å²) in [5, 5.41) is 5.83. The van der Waals surface area contributed by atoms with Crippen molar-refractivity contribution in [3.63, 3.8) is 0 Å². The van der Waals surface area contributed by atoms with Crippen LogP contribution in [-0.2, 0) is 0 Å². The number of rotatable bonds is 4. The number of hydrogen-bond donors (Lipinski definition) is 2. The van der Waals surface area contributed by atoms with Gasteiger partial charge in [-0.15, -0.1) is 0 Å². The third-order valence-electron chi connectivity index (χ3n) is 4.81. The molecule has 3 rings (SSSR count). The predicted octanol–water partition coefficient (Wildman–Crippen LogP) is 5.13. The van der Waals surface area contributed by atoms with Crippen molar-refractivity contribution in [3.8, 4) is 0 Å². The monoisotopic (exact) mass is 387 g/mol. The second-order valence-corrected chi connectivity index (χ2v) is 7.46. The first-order valence-corrected chi connectivity index (χ1v) is 9.47. The number of benzene rings is 2. The standard InChI is InChI=1S/C24H25N3O2/c1-14-6-7-21(16(3)8-14)26-23(28)19-11-20(13-25-12-19)24(29)27-22-17(4)9-15(2)10-18(22)5/h6-13H,1-5H3,(H,26,28)(H,27,29). The van der Waals surface area contributed by atoms with Crippen LogP contribution in [0.4, 0.5) is 11.4 Å². The Labute approximate surface area is 171 Å². The molecule has 29 heavy (non-hydrogen) atoms. The zero-order valence-corrected chi connectivity index (χ0v) is 17.4. The number of hydrogen-bond acceptors (Lipinski definition) is 3. The number of aromatic nitrogens is 1. The number of anilines is 2. The van der Waals surface area contributed by atoms with Gasteiger partial charge in [-0.05, 0) is 63.4 Å². The summed E-state index contributed by atoms with van der Waals surface area (Å²) in [5.74, 6) is -0.601. The highest BCUT2D eigenvalue weighted by atomic mass is 16.2.